The van der Waals surface area contributed by atoms with Crippen molar-refractivity contribution in [2.24, 2.45) is 17.6 Å². The molecule has 6 aromatic rings. The third-order valence-electron chi connectivity index (χ3n) is 12.8. The van der Waals surface area contributed by atoms with Crippen LogP contribution in [0.3, 0.4) is 0 Å². The lowest BCUT2D eigenvalue weighted by Crippen LogP contribution is -2.57. The van der Waals surface area contributed by atoms with Crippen LogP contribution in [-0.4, -0.2) is 87.2 Å². The largest absolute Gasteiger partial charge is 0.491 e. The first-order chi connectivity index (χ1) is 32.5. The number of carbonyl (C=O) groups is 5. The molecule has 9 rings (SSSR count). The number of para-hydroxylation sites is 1. The summed E-state index contributed by atoms with van der Waals surface area (Å²) in [5.74, 6) is 1.25. The van der Waals surface area contributed by atoms with Gasteiger partial charge in [-0.1, -0.05) is 116 Å². The van der Waals surface area contributed by atoms with Crippen LogP contribution in [-0.2, 0) is 40.6 Å². The minimum Gasteiger partial charge on any atom is -0.491 e. The molecule has 4 heterocycles. The quantitative estimate of drug-likeness (QED) is 0.117. The molecular weight excluding hydrogens is 855 g/mol. The molecule has 5 aromatic carbocycles. The first-order valence-electron chi connectivity index (χ1n) is 21.8. The number of benzene rings is 5. The minimum absolute atomic E-state index is 0.0150. The highest BCUT2D eigenvalue weighted by atomic mass is 16.6. The van der Waals surface area contributed by atoms with Gasteiger partial charge in [0.15, 0.2) is 0 Å². The van der Waals surface area contributed by atoms with Crippen molar-refractivity contribution >= 4 is 46.5 Å². The van der Waals surface area contributed by atoms with Gasteiger partial charge in [-0.25, -0.2) is 19.2 Å². The fourth-order valence-electron chi connectivity index (χ4n) is 10.00. The number of rotatable bonds is 11. The number of hydrogen-bond donors (Lipinski definition) is 3. The van der Waals surface area contributed by atoms with E-state index < -0.39 is 77.3 Å². The number of nitrogens with one attached hydrogen (secondary N) is 1. The van der Waals surface area contributed by atoms with Gasteiger partial charge in [0.1, 0.15) is 48.0 Å². The number of amides is 4. The number of urea groups is 1. The number of nitrogens with zero attached hydrogens (tertiary/aromatic N) is 5. The van der Waals surface area contributed by atoms with Gasteiger partial charge in [0.25, 0.3) is 0 Å². The standard InChI is InChI=1S/C51H47N7O9/c1-30(2)41(47(61)65-3)53-50(64)57-38-25-20-31(13-12-26-56-39-19-11-10-18-37(39)54-55-56)29-36(38)51(49(57)63)40(46(52)60)43-48(62)67-44(33-16-8-5-9-17-33)42(32-14-6-4-7-15-32)58(43)45(51)34-21-23-35(24-22-34)66-28-27-59/h4-11,14-25,29-30,40-45,59H,26-28H2,1-3H3,(H2,52,60)(H,53,64). The molecule has 3 aliphatic heterocycles. The smallest absolute Gasteiger partial charge is 0.329 e. The lowest BCUT2D eigenvalue weighted by molar-refractivity contribution is -0.178. The predicted octanol–water partition coefficient (Wildman–Crippen LogP) is 4.91. The Morgan fingerprint density at radius 2 is 1.57 bits per heavy atom. The van der Waals surface area contributed by atoms with Crippen LogP contribution >= 0.6 is 0 Å². The van der Waals surface area contributed by atoms with Gasteiger partial charge in [-0.2, -0.15) is 0 Å². The molecule has 4 N–H and O–H groups in total. The summed E-state index contributed by atoms with van der Waals surface area (Å²) in [4.78, 5) is 76.5. The third kappa shape index (κ3) is 7.61. The van der Waals surface area contributed by atoms with Crippen LogP contribution in [0, 0.1) is 23.7 Å². The maximum atomic E-state index is 16.2. The SMILES string of the molecule is COC(=O)C(NC(=O)N1C(=O)C2(c3cc(C#CCn4nnc5ccccc54)ccc31)C(C(N)=O)C1C(=O)OC(c3ccccc3)C(c3ccccc3)N1C2c1ccc(OCCO)cc1)C(C)C. The van der Waals surface area contributed by atoms with Gasteiger partial charge in [-0.05, 0) is 70.6 Å². The number of ether oxygens (including phenoxy) is 3. The van der Waals surface area contributed by atoms with Gasteiger partial charge in [0.05, 0.1) is 42.9 Å². The highest BCUT2D eigenvalue weighted by Gasteiger charge is 2.75. The lowest BCUT2D eigenvalue weighted by Gasteiger charge is -2.46. The van der Waals surface area contributed by atoms with Gasteiger partial charge >= 0.3 is 18.0 Å². The molecule has 4 amide bonds. The number of aromatic nitrogens is 3. The van der Waals surface area contributed by atoms with Gasteiger partial charge in [0, 0.05) is 5.56 Å². The number of hydrogen-bond acceptors (Lipinski definition) is 12. The highest BCUT2D eigenvalue weighted by Crippen LogP contribution is 2.65. The van der Waals surface area contributed by atoms with Gasteiger partial charge in [-0.3, -0.25) is 19.3 Å². The number of imide groups is 1. The Hall–Kier alpha value is -7.87. The van der Waals surface area contributed by atoms with Crippen molar-refractivity contribution in [3.05, 3.63) is 155 Å². The van der Waals surface area contributed by atoms with Crippen LogP contribution < -0.4 is 20.7 Å². The number of primary amides is 1. The van der Waals surface area contributed by atoms with Crippen molar-refractivity contribution in [1.29, 1.82) is 0 Å². The monoisotopic (exact) mass is 901 g/mol. The molecule has 67 heavy (non-hydrogen) atoms. The van der Waals surface area contributed by atoms with Crippen LogP contribution in [0.25, 0.3) is 11.0 Å². The van der Waals surface area contributed by atoms with Crippen LogP contribution in [0.2, 0.25) is 0 Å². The van der Waals surface area contributed by atoms with E-state index in [1.54, 1.807) is 61.0 Å². The number of carbonyl (C=O) groups excluding carboxylic acids is 5. The van der Waals surface area contributed by atoms with Crippen LogP contribution in [0.15, 0.2) is 127 Å². The Balaban J connectivity index is 1.30. The Kier molecular flexibility index (Phi) is 12.0. The van der Waals surface area contributed by atoms with Crippen molar-refractivity contribution in [1.82, 2.24) is 25.2 Å². The van der Waals surface area contributed by atoms with Crippen LogP contribution in [0.5, 0.6) is 5.75 Å². The molecule has 1 aromatic heterocycles. The molecule has 7 atom stereocenters. The number of anilines is 1. The average Bonchev–Trinajstić information content (AvgIpc) is 3.99. The van der Waals surface area contributed by atoms with Gasteiger partial charge in [0.2, 0.25) is 11.8 Å². The minimum atomic E-state index is -2.12. The van der Waals surface area contributed by atoms with Crippen molar-refractivity contribution in [2.45, 2.75) is 56.1 Å². The zero-order valence-corrected chi connectivity index (χ0v) is 36.8. The van der Waals surface area contributed by atoms with Gasteiger partial charge in [-0.15, -0.1) is 5.10 Å². The Morgan fingerprint density at radius 3 is 2.24 bits per heavy atom. The van der Waals surface area contributed by atoms with E-state index in [-0.39, 0.29) is 31.0 Å². The summed E-state index contributed by atoms with van der Waals surface area (Å²) >= 11 is 0. The van der Waals surface area contributed by atoms with Crippen molar-refractivity contribution in [2.75, 3.05) is 25.2 Å². The Labute approximate surface area is 385 Å². The molecule has 340 valence electrons. The van der Waals surface area contributed by atoms with Crippen LogP contribution in [0.4, 0.5) is 10.5 Å². The molecule has 0 bridgehead atoms. The number of aliphatic hydroxyl groups excluding tert-OH is 1. The molecular formula is C51H47N7O9. The maximum absolute atomic E-state index is 16.2. The molecule has 0 radical (unpaired) electrons. The second kappa shape index (κ2) is 18.2. The second-order valence-electron chi connectivity index (χ2n) is 16.9. The summed E-state index contributed by atoms with van der Waals surface area (Å²) in [6, 6.07) is 32.0. The maximum Gasteiger partial charge on any atom is 0.329 e. The zero-order chi connectivity index (χ0) is 47.0. The van der Waals surface area contributed by atoms with E-state index in [9.17, 15) is 19.5 Å². The average molecular weight is 902 g/mol. The normalized spacial score (nSPS) is 22.4. The van der Waals surface area contributed by atoms with E-state index in [4.69, 9.17) is 19.9 Å². The third-order valence-corrected chi connectivity index (χ3v) is 12.8. The van der Waals surface area contributed by atoms with Crippen LogP contribution in [0.1, 0.15) is 59.9 Å². The summed E-state index contributed by atoms with van der Waals surface area (Å²) in [7, 11) is 1.20. The number of aliphatic hydroxyl groups is 1. The van der Waals surface area contributed by atoms with Crippen molar-refractivity contribution < 1.29 is 43.3 Å². The second-order valence-corrected chi connectivity index (χ2v) is 16.9. The van der Waals surface area contributed by atoms with E-state index in [0.717, 1.165) is 10.4 Å². The fraction of sp³-hybridized carbons (Fsp3) is 0.275. The first-order valence-corrected chi connectivity index (χ1v) is 21.8. The van der Waals surface area contributed by atoms with E-state index in [2.05, 4.69) is 27.5 Å². The number of morpholine rings is 1. The number of esters is 2. The first kappa shape index (κ1) is 44.3. The summed E-state index contributed by atoms with van der Waals surface area (Å²) in [6.07, 6.45) is -0.946. The molecule has 16 heteroatoms. The van der Waals surface area contributed by atoms with E-state index >= 15 is 9.59 Å². The Morgan fingerprint density at radius 1 is 0.881 bits per heavy atom. The van der Waals surface area contributed by atoms with Crippen molar-refractivity contribution in [3.63, 3.8) is 0 Å². The molecule has 0 saturated carbocycles. The molecule has 0 aliphatic carbocycles. The van der Waals surface area contributed by atoms with E-state index in [1.165, 1.54) is 7.11 Å². The predicted molar refractivity (Wildman–Crippen MR) is 244 cm³/mol. The number of nitrogens with two attached hydrogens (primary N) is 1. The van der Waals surface area contributed by atoms with Gasteiger partial charge < -0.3 is 30.4 Å². The lowest BCUT2D eigenvalue weighted by atomic mass is 9.65. The summed E-state index contributed by atoms with van der Waals surface area (Å²) in [6.45, 7) is 3.37. The summed E-state index contributed by atoms with van der Waals surface area (Å²) in [5, 5.41) is 20.7. The Bertz CT molecular complexity index is 2930. The number of methoxy groups -OCH3 is 1. The molecule has 7 unspecified atom stereocenters. The van der Waals surface area contributed by atoms with E-state index in [0.29, 0.717) is 33.5 Å². The summed E-state index contributed by atoms with van der Waals surface area (Å²) in [5.41, 5.74) is 8.41. The topological polar surface area (TPSA) is 209 Å². The number of cyclic esters (lactones) is 1. The number of fused-ring (bicyclic) bond motifs is 4. The molecule has 2 fully saturated rings. The molecule has 1 spiro atoms. The zero-order valence-electron chi connectivity index (χ0n) is 36.8. The summed E-state index contributed by atoms with van der Waals surface area (Å²) < 4.78 is 18.9. The molecule has 2 saturated heterocycles. The molecule has 16 nitrogen and oxygen atoms in total. The van der Waals surface area contributed by atoms with Crippen molar-refractivity contribution in [3.8, 4) is 17.6 Å². The molecule has 3 aliphatic rings. The van der Waals surface area contributed by atoms with E-state index in [1.807, 2.05) is 89.8 Å². The fourth-order valence-corrected chi connectivity index (χ4v) is 10.00. The highest BCUT2D eigenvalue weighted by molar-refractivity contribution is 6.25.